The van der Waals surface area contributed by atoms with Crippen molar-refractivity contribution in [3.05, 3.63) is 69.9 Å². The number of anilines is 1. The van der Waals surface area contributed by atoms with E-state index >= 15 is 0 Å². The number of alkyl halides is 1. The number of thioether (sulfide) groups is 1. The van der Waals surface area contributed by atoms with Gasteiger partial charge in [0.15, 0.2) is 0 Å². The summed E-state index contributed by atoms with van der Waals surface area (Å²) < 4.78 is 13.3. The zero-order valence-corrected chi connectivity index (χ0v) is 23.3. The molecule has 1 atom stereocenters. The van der Waals surface area contributed by atoms with E-state index in [1.165, 1.54) is 11.1 Å². The van der Waals surface area contributed by atoms with Gasteiger partial charge in [-0.2, -0.15) is 0 Å². The van der Waals surface area contributed by atoms with Crippen molar-refractivity contribution in [2.75, 3.05) is 56.3 Å². The summed E-state index contributed by atoms with van der Waals surface area (Å²) in [5.74, 6) is 2.24. The maximum absolute atomic E-state index is 13.2. The lowest BCUT2D eigenvalue weighted by Crippen LogP contribution is -2.46. The SMILES string of the molecule is C/C=C(\C)C1=Cc2ncn(-c3ccc4c(c3)NCC(CN3CCOCC3)O4)c(=O)c2SC1.C/C=C\CCl. The van der Waals surface area contributed by atoms with Crippen LogP contribution in [0.25, 0.3) is 11.8 Å². The summed E-state index contributed by atoms with van der Waals surface area (Å²) in [5.41, 5.74) is 4.85. The van der Waals surface area contributed by atoms with Gasteiger partial charge >= 0.3 is 0 Å². The number of aromatic nitrogens is 2. The van der Waals surface area contributed by atoms with E-state index in [1.54, 1.807) is 22.7 Å². The Hall–Kier alpha value is -2.52. The van der Waals surface area contributed by atoms with E-state index < -0.39 is 0 Å². The second-order valence-corrected chi connectivity index (χ2v) is 10.3. The lowest BCUT2D eigenvalue weighted by Gasteiger charge is -2.33. The van der Waals surface area contributed by atoms with E-state index in [2.05, 4.69) is 28.2 Å². The molecule has 0 radical (unpaired) electrons. The molecule has 0 bridgehead atoms. The average Bonchev–Trinajstić information content (AvgIpc) is 2.94. The number of halogens is 1. The number of nitrogens with one attached hydrogen (secondary N) is 1. The Balaban J connectivity index is 0.000000586. The maximum Gasteiger partial charge on any atom is 0.272 e. The van der Waals surface area contributed by atoms with Crippen LogP contribution in [0.2, 0.25) is 0 Å². The smallest absolute Gasteiger partial charge is 0.272 e. The molecular weight excluding hydrogens is 508 g/mol. The lowest BCUT2D eigenvalue weighted by atomic mass is 10.1. The van der Waals surface area contributed by atoms with Gasteiger partial charge in [-0.05, 0) is 50.6 Å². The molecule has 0 spiro atoms. The van der Waals surface area contributed by atoms with Crippen LogP contribution in [0.5, 0.6) is 5.75 Å². The molecule has 1 aromatic heterocycles. The summed E-state index contributed by atoms with van der Waals surface area (Å²) in [6.07, 6.45) is 9.65. The second kappa shape index (κ2) is 13.3. The van der Waals surface area contributed by atoms with Crippen molar-refractivity contribution in [1.29, 1.82) is 0 Å². The fourth-order valence-electron chi connectivity index (χ4n) is 4.26. The van der Waals surface area contributed by atoms with E-state index in [9.17, 15) is 4.79 Å². The van der Waals surface area contributed by atoms with Gasteiger partial charge in [-0.3, -0.25) is 14.3 Å². The number of fused-ring (bicyclic) bond motifs is 2. The number of morpholine rings is 1. The van der Waals surface area contributed by atoms with Crippen LogP contribution in [0.1, 0.15) is 26.5 Å². The molecule has 1 unspecified atom stereocenters. The molecule has 7 nitrogen and oxygen atoms in total. The van der Waals surface area contributed by atoms with Gasteiger partial charge in [0, 0.05) is 31.3 Å². The first-order chi connectivity index (χ1) is 18.0. The molecule has 1 saturated heterocycles. The van der Waals surface area contributed by atoms with Gasteiger partial charge in [-0.1, -0.05) is 23.8 Å². The molecule has 1 fully saturated rings. The monoisotopic (exact) mass is 542 g/mol. The zero-order valence-electron chi connectivity index (χ0n) is 21.7. The van der Waals surface area contributed by atoms with Crippen molar-refractivity contribution in [2.24, 2.45) is 0 Å². The minimum absolute atomic E-state index is 0.0321. The highest BCUT2D eigenvalue weighted by atomic mass is 35.5. The first-order valence-electron chi connectivity index (χ1n) is 12.6. The van der Waals surface area contributed by atoms with Crippen molar-refractivity contribution in [3.8, 4) is 11.4 Å². The van der Waals surface area contributed by atoms with Gasteiger partial charge in [-0.15, -0.1) is 23.4 Å². The Morgan fingerprint density at radius 3 is 2.81 bits per heavy atom. The number of nitrogens with zero attached hydrogens (tertiary/aromatic N) is 3. The highest BCUT2D eigenvalue weighted by Gasteiger charge is 2.24. The molecular formula is C28H35ClN4O3S. The Bertz CT molecular complexity index is 1230. The molecule has 5 rings (SSSR count). The van der Waals surface area contributed by atoms with Crippen LogP contribution < -0.4 is 15.6 Å². The van der Waals surface area contributed by atoms with Crippen molar-refractivity contribution in [3.63, 3.8) is 0 Å². The van der Waals surface area contributed by atoms with Crippen LogP contribution in [0, 0.1) is 0 Å². The second-order valence-electron chi connectivity index (χ2n) is 9.00. The van der Waals surface area contributed by atoms with Crippen LogP contribution in [0.15, 0.2) is 63.6 Å². The molecule has 0 aliphatic carbocycles. The highest BCUT2D eigenvalue weighted by molar-refractivity contribution is 7.99. The number of allylic oxidation sites excluding steroid dienone is 4. The van der Waals surface area contributed by atoms with Crippen molar-refractivity contribution < 1.29 is 9.47 Å². The van der Waals surface area contributed by atoms with E-state index in [0.29, 0.717) is 10.8 Å². The van der Waals surface area contributed by atoms with Gasteiger partial charge in [0.1, 0.15) is 18.2 Å². The van der Waals surface area contributed by atoms with Crippen molar-refractivity contribution in [1.82, 2.24) is 14.5 Å². The summed E-state index contributed by atoms with van der Waals surface area (Å²) in [6, 6.07) is 5.83. The van der Waals surface area contributed by atoms with E-state index in [-0.39, 0.29) is 11.7 Å². The first kappa shape index (κ1) is 27.5. The van der Waals surface area contributed by atoms with E-state index in [0.717, 1.165) is 68.0 Å². The van der Waals surface area contributed by atoms with Crippen LogP contribution in [0.3, 0.4) is 0 Å². The van der Waals surface area contributed by atoms with Crippen LogP contribution >= 0.6 is 23.4 Å². The molecule has 0 amide bonds. The first-order valence-corrected chi connectivity index (χ1v) is 14.2. The quantitative estimate of drug-likeness (QED) is 0.421. The third-order valence-corrected chi connectivity index (χ3v) is 7.83. The van der Waals surface area contributed by atoms with Gasteiger partial charge in [0.2, 0.25) is 0 Å². The number of rotatable bonds is 5. The predicted octanol–water partition coefficient (Wildman–Crippen LogP) is 4.99. The Morgan fingerprint density at radius 1 is 1.30 bits per heavy atom. The summed E-state index contributed by atoms with van der Waals surface area (Å²) in [7, 11) is 0. The number of hydrogen-bond acceptors (Lipinski definition) is 7. The minimum Gasteiger partial charge on any atom is -0.485 e. The average molecular weight is 543 g/mol. The fourth-order valence-corrected chi connectivity index (χ4v) is 5.53. The van der Waals surface area contributed by atoms with Gasteiger partial charge in [0.05, 0.1) is 41.7 Å². The molecule has 198 valence electrons. The molecule has 4 heterocycles. The zero-order chi connectivity index (χ0) is 26.2. The Morgan fingerprint density at radius 2 is 2.11 bits per heavy atom. The van der Waals surface area contributed by atoms with Gasteiger partial charge in [-0.25, -0.2) is 4.98 Å². The van der Waals surface area contributed by atoms with Crippen LogP contribution in [-0.4, -0.2) is 71.6 Å². The molecule has 3 aliphatic rings. The van der Waals surface area contributed by atoms with Crippen molar-refractivity contribution >= 4 is 35.1 Å². The Kier molecular flexibility index (Phi) is 9.91. The Labute approximate surface area is 228 Å². The number of benzene rings is 1. The molecule has 3 aliphatic heterocycles. The third kappa shape index (κ3) is 6.87. The molecule has 0 saturated carbocycles. The lowest BCUT2D eigenvalue weighted by molar-refractivity contribution is 0.0203. The largest absolute Gasteiger partial charge is 0.485 e. The van der Waals surface area contributed by atoms with E-state index in [1.807, 2.05) is 50.3 Å². The van der Waals surface area contributed by atoms with Crippen molar-refractivity contribution in [2.45, 2.75) is 31.8 Å². The van der Waals surface area contributed by atoms with E-state index in [4.69, 9.17) is 21.1 Å². The molecule has 9 heteroatoms. The summed E-state index contributed by atoms with van der Waals surface area (Å²) in [4.78, 5) is 20.9. The maximum atomic E-state index is 13.2. The summed E-state index contributed by atoms with van der Waals surface area (Å²) in [6.45, 7) is 11.1. The molecule has 2 aromatic rings. The topological polar surface area (TPSA) is 68.6 Å². The molecule has 1 aromatic carbocycles. The number of ether oxygens (including phenoxy) is 2. The number of hydrogen-bond donors (Lipinski definition) is 1. The minimum atomic E-state index is -0.0321. The normalized spacial score (nSPS) is 19.6. The van der Waals surface area contributed by atoms with Gasteiger partial charge in [0.25, 0.3) is 5.56 Å². The molecule has 1 N–H and O–H groups in total. The predicted molar refractivity (Wildman–Crippen MR) is 154 cm³/mol. The highest BCUT2D eigenvalue weighted by Crippen LogP contribution is 2.33. The third-order valence-electron chi connectivity index (χ3n) is 6.53. The van der Waals surface area contributed by atoms with Gasteiger partial charge < -0.3 is 14.8 Å². The molecule has 37 heavy (non-hydrogen) atoms. The summed E-state index contributed by atoms with van der Waals surface area (Å²) >= 11 is 6.78. The van der Waals surface area contributed by atoms with Crippen LogP contribution in [-0.2, 0) is 4.74 Å². The summed E-state index contributed by atoms with van der Waals surface area (Å²) in [5, 5.41) is 3.48. The fraction of sp³-hybridized carbons (Fsp3) is 0.429. The van der Waals surface area contributed by atoms with Crippen LogP contribution in [0.4, 0.5) is 5.69 Å². The standard InChI is InChI=1S/C24H28N4O3S.C4H7Cl/c1-3-16(2)17-10-21-23(32-14-17)24(29)28(15-26-21)18-4-5-22-20(11-18)25-12-19(31-22)13-27-6-8-30-9-7-27;1-2-3-4-5/h3-5,10-11,15,19,25H,6-9,12-14H2,1-2H3;2-3H,4H2,1H3/b16-3+;3-2-.